The molecule has 4 heteroatoms. The Balaban J connectivity index is 1.60. The van der Waals surface area contributed by atoms with Gasteiger partial charge in [0.25, 0.3) is 0 Å². The molecule has 3 nitrogen and oxygen atoms in total. The topological polar surface area (TPSA) is 41.1 Å². The van der Waals surface area contributed by atoms with Crippen LogP contribution in [0.15, 0.2) is 0 Å². The summed E-state index contributed by atoms with van der Waals surface area (Å²) in [7, 11) is 0. The number of carbonyl (C=O) groups excluding carboxylic acids is 1. The summed E-state index contributed by atoms with van der Waals surface area (Å²) in [5.74, 6) is 2.13. The highest BCUT2D eigenvalue weighted by Crippen LogP contribution is 2.21. The first-order valence-electron chi connectivity index (χ1n) is 5.38. The summed E-state index contributed by atoms with van der Waals surface area (Å²) in [6.07, 6.45) is 2.35. The number of amides is 1. The third-order valence-electron chi connectivity index (χ3n) is 2.74. The van der Waals surface area contributed by atoms with Crippen molar-refractivity contribution in [3.63, 3.8) is 0 Å². The van der Waals surface area contributed by atoms with Gasteiger partial charge < -0.3 is 10.6 Å². The van der Waals surface area contributed by atoms with Gasteiger partial charge in [-0.2, -0.15) is 0 Å². The van der Waals surface area contributed by atoms with Crippen molar-refractivity contribution < 1.29 is 4.79 Å². The second-order valence-corrected chi connectivity index (χ2v) is 5.66. The van der Waals surface area contributed by atoms with Crippen molar-refractivity contribution in [2.45, 2.75) is 31.1 Å². The maximum atomic E-state index is 11.6. The zero-order valence-electron chi connectivity index (χ0n) is 8.58. The van der Waals surface area contributed by atoms with Crippen LogP contribution in [-0.2, 0) is 4.79 Å². The quantitative estimate of drug-likeness (QED) is 0.704. The largest absolute Gasteiger partial charge is 0.352 e. The van der Waals surface area contributed by atoms with Gasteiger partial charge in [-0.3, -0.25) is 4.79 Å². The molecule has 0 spiro atoms. The molecule has 1 aliphatic carbocycles. The Kier molecular flexibility index (Phi) is 3.34. The molecule has 1 amide bonds. The van der Waals surface area contributed by atoms with Crippen LogP contribution in [0, 0.1) is 5.92 Å². The van der Waals surface area contributed by atoms with Gasteiger partial charge in [-0.25, -0.2) is 0 Å². The molecule has 2 aliphatic rings. The molecule has 0 aromatic heterocycles. The van der Waals surface area contributed by atoms with Gasteiger partial charge >= 0.3 is 0 Å². The molecule has 2 rings (SSSR count). The van der Waals surface area contributed by atoms with E-state index in [0.717, 1.165) is 24.8 Å². The molecule has 1 aliphatic heterocycles. The van der Waals surface area contributed by atoms with Gasteiger partial charge in [0.05, 0.1) is 5.25 Å². The average molecular weight is 214 g/mol. The lowest BCUT2D eigenvalue weighted by Crippen LogP contribution is -2.44. The summed E-state index contributed by atoms with van der Waals surface area (Å²) in [6.45, 7) is 4.27. The first-order chi connectivity index (χ1) is 6.75. The number of hydrogen-bond acceptors (Lipinski definition) is 3. The first kappa shape index (κ1) is 10.3. The maximum absolute atomic E-state index is 11.6. The standard InChI is InChI=1S/C10H18N2OS/c1-7(10(13)12-9-2-3-9)14-6-8-4-11-5-8/h7-9,11H,2-6H2,1H3,(H,12,13). The van der Waals surface area contributed by atoms with Crippen molar-refractivity contribution in [2.75, 3.05) is 18.8 Å². The van der Waals surface area contributed by atoms with E-state index in [0.29, 0.717) is 6.04 Å². The summed E-state index contributed by atoms with van der Waals surface area (Å²) >= 11 is 1.79. The lowest BCUT2D eigenvalue weighted by atomic mass is 10.1. The van der Waals surface area contributed by atoms with Crippen molar-refractivity contribution >= 4 is 17.7 Å². The summed E-state index contributed by atoms with van der Waals surface area (Å²) in [5.41, 5.74) is 0. The normalized spacial score (nSPS) is 24.1. The number of hydrogen-bond donors (Lipinski definition) is 2. The van der Waals surface area contributed by atoms with Crippen LogP contribution in [0.4, 0.5) is 0 Å². The molecule has 2 N–H and O–H groups in total. The van der Waals surface area contributed by atoms with Crippen LogP contribution in [-0.4, -0.2) is 36.0 Å². The van der Waals surface area contributed by atoms with Crippen molar-refractivity contribution in [1.82, 2.24) is 10.6 Å². The van der Waals surface area contributed by atoms with Gasteiger partial charge in [0.1, 0.15) is 0 Å². The van der Waals surface area contributed by atoms with Gasteiger partial charge in [0.15, 0.2) is 0 Å². The van der Waals surface area contributed by atoms with E-state index in [1.165, 1.54) is 12.8 Å². The number of rotatable bonds is 5. The van der Waals surface area contributed by atoms with Crippen LogP contribution in [0.5, 0.6) is 0 Å². The predicted octanol–water partition coefficient (Wildman–Crippen LogP) is 0.606. The molecule has 2 fully saturated rings. The lowest BCUT2D eigenvalue weighted by molar-refractivity contribution is -0.120. The molecule has 1 atom stereocenters. The Bertz CT molecular complexity index is 214. The van der Waals surface area contributed by atoms with Gasteiger partial charge in [-0.05, 0) is 44.5 Å². The Morgan fingerprint density at radius 1 is 1.57 bits per heavy atom. The molecule has 14 heavy (non-hydrogen) atoms. The zero-order chi connectivity index (χ0) is 9.97. The summed E-state index contributed by atoms with van der Waals surface area (Å²) in [4.78, 5) is 11.6. The van der Waals surface area contributed by atoms with Crippen molar-refractivity contribution in [3.05, 3.63) is 0 Å². The molecular weight excluding hydrogens is 196 g/mol. The number of thioether (sulfide) groups is 1. The van der Waals surface area contributed by atoms with Gasteiger partial charge in [0, 0.05) is 6.04 Å². The maximum Gasteiger partial charge on any atom is 0.233 e. The Morgan fingerprint density at radius 3 is 2.79 bits per heavy atom. The van der Waals surface area contributed by atoms with Gasteiger partial charge in [-0.15, -0.1) is 11.8 Å². The van der Waals surface area contributed by atoms with Crippen molar-refractivity contribution in [2.24, 2.45) is 5.92 Å². The van der Waals surface area contributed by atoms with E-state index >= 15 is 0 Å². The molecule has 1 unspecified atom stereocenters. The molecule has 1 saturated carbocycles. The molecule has 0 bridgehead atoms. The van der Waals surface area contributed by atoms with Crippen LogP contribution >= 0.6 is 11.8 Å². The third-order valence-corrected chi connectivity index (χ3v) is 4.12. The zero-order valence-corrected chi connectivity index (χ0v) is 9.40. The highest BCUT2D eigenvalue weighted by molar-refractivity contribution is 8.00. The van der Waals surface area contributed by atoms with Crippen molar-refractivity contribution in [1.29, 1.82) is 0 Å². The number of carbonyl (C=O) groups is 1. The van der Waals surface area contributed by atoms with Gasteiger partial charge in [-0.1, -0.05) is 0 Å². The molecule has 0 aromatic carbocycles. The smallest absolute Gasteiger partial charge is 0.233 e. The minimum absolute atomic E-state index is 0.121. The second kappa shape index (κ2) is 4.53. The van der Waals surface area contributed by atoms with Gasteiger partial charge in [0.2, 0.25) is 5.91 Å². The van der Waals surface area contributed by atoms with E-state index in [1.54, 1.807) is 11.8 Å². The van der Waals surface area contributed by atoms with E-state index in [4.69, 9.17) is 0 Å². The summed E-state index contributed by atoms with van der Waals surface area (Å²) in [6, 6.07) is 0.496. The molecule has 80 valence electrons. The minimum atomic E-state index is 0.121. The molecule has 0 aromatic rings. The fourth-order valence-electron chi connectivity index (χ4n) is 1.37. The summed E-state index contributed by atoms with van der Waals surface area (Å²) < 4.78 is 0. The first-order valence-corrected chi connectivity index (χ1v) is 6.43. The minimum Gasteiger partial charge on any atom is -0.352 e. The Hall–Kier alpha value is -0.220. The lowest BCUT2D eigenvalue weighted by Gasteiger charge is -2.27. The molecule has 1 saturated heterocycles. The summed E-state index contributed by atoms with van der Waals surface area (Å²) in [5, 5.41) is 6.40. The van der Waals surface area contributed by atoms with Crippen LogP contribution in [0.1, 0.15) is 19.8 Å². The number of nitrogens with one attached hydrogen (secondary N) is 2. The highest BCUT2D eigenvalue weighted by atomic mass is 32.2. The second-order valence-electron chi connectivity index (χ2n) is 4.28. The SMILES string of the molecule is CC(SCC1CNC1)C(=O)NC1CC1. The molecule has 1 heterocycles. The van der Waals surface area contributed by atoms with Crippen LogP contribution in [0.25, 0.3) is 0 Å². The predicted molar refractivity (Wildman–Crippen MR) is 59.4 cm³/mol. The fourth-order valence-corrected chi connectivity index (χ4v) is 2.38. The van der Waals surface area contributed by atoms with Crippen LogP contribution < -0.4 is 10.6 Å². The monoisotopic (exact) mass is 214 g/mol. The van der Waals surface area contributed by atoms with E-state index in [2.05, 4.69) is 10.6 Å². The van der Waals surface area contributed by atoms with E-state index < -0.39 is 0 Å². The highest BCUT2D eigenvalue weighted by Gasteiger charge is 2.26. The van der Waals surface area contributed by atoms with Crippen LogP contribution in [0.3, 0.4) is 0 Å². The van der Waals surface area contributed by atoms with Crippen LogP contribution in [0.2, 0.25) is 0 Å². The average Bonchev–Trinajstić information content (AvgIpc) is 2.85. The Morgan fingerprint density at radius 2 is 2.29 bits per heavy atom. The van der Waals surface area contributed by atoms with E-state index in [1.807, 2.05) is 6.92 Å². The Labute approximate surface area is 89.4 Å². The molecule has 0 radical (unpaired) electrons. The van der Waals surface area contributed by atoms with E-state index in [-0.39, 0.29) is 11.2 Å². The fraction of sp³-hybridized carbons (Fsp3) is 0.900. The van der Waals surface area contributed by atoms with E-state index in [9.17, 15) is 4.79 Å². The molecular formula is C10H18N2OS. The third kappa shape index (κ3) is 2.89. The van der Waals surface area contributed by atoms with Crippen molar-refractivity contribution in [3.8, 4) is 0 Å².